The van der Waals surface area contributed by atoms with E-state index in [4.69, 9.17) is 16.3 Å². The molecule has 0 unspecified atom stereocenters. The monoisotopic (exact) mass is 522 g/mol. The molecule has 0 aliphatic carbocycles. The second kappa shape index (κ2) is 12.1. The number of piperidine rings is 1. The lowest BCUT2D eigenvalue weighted by Gasteiger charge is -2.33. The van der Waals surface area contributed by atoms with Crippen LogP contribution in [0.5, 0.6) is 0 Å². The first-order valence-electron chi connectivity index (χ1n) is 9.04. The second-order valence-electron chi connectivity index (χ2n) is 6.47. The van der Waals surface area contributed by atoms with Crippen molar-refractivity contribution in [2.24, 2.45) is 10.9 Å². The van der Waals surface area contributed by atoms with Crippen LogP contribution in [0.2, 0.25) is 5.02 Å². The third kappa shape index (κ3) is 6.80. The van der Waals surface area contributed by atoms with Crippen LogP contribution in [0, 0.1) is 12.8 Å². The number of benzene rings is 1. The van der Waals surface area contributed by atoms with Crippen molar-refractivity contribution < 1.29 is 14.3 Å². The number of carbonyl (C=O) groups excluding carboxylic acids is 2. The highest BCUT2D eigenvalue weighted by Gasteiger charge is 2.26. The van der Waals surface area contributed by atoms with Gasteiger partial charge in [-0.3, -0.25) is 14.6 Å². The molecule has 1 aliphatic heterocycles. The number of carbonyl (C=O) groups is 2. The number of guanidine groups is 1. The molecule has 0 atom stereocenters. The number of rotatable bonds is 5. The number of hydrogen-bond donors (Lipinski definition) is 2. The van der Waals surface area contributed by atoms with E-state index in [0.717, 1.165) is 43.1 Å². The van der Waals surface area contributed by atoms with Gasteiger partial charge in [0.2, 0.25) is 5.91 Å². The molecule has 2 N–H and O–H groups in total. The van der Waals surface area contributed by atoms with E-state index in [9.17, 15) is 9.59 Å². The van der Waals surface area contributed by atoms with Crippen LogP contribution in [0.1, 0.15) is 24.8 Å². The summed E-state index contributed by atoms with van der Waals surface area (Å²) in [5, 5.41) is 6.72. The number of methoxy groups -OCH3 is 1. The van der Waals surface area contributed by atoms with Gasteiger partial charge < -0.3 is 20.3 Å². The molecular formula is C19H28ClIN4O3. The highest BCUT2D eigenvalue weighted by molar-refractivity contribution is 14.0. The second-order valence-corrected chi connectivity index (χ2v) is 6.88. The van der Waals surface area contributed by atoms with Crippen LogP contribution in [-0.2, 0) is 14.3 Å². The van der Waals surface area contributed by atoms with Gasteiger partial charge in [0, 0.05) is 43.8 Å². The molecule has 1 aliphatic rings. The summed E-state index contributed by atoms with van der Waals surface area (Å²) in [7, 11) is 3.13. The summed E-state index contributed by atoms with van der Waals surface area (Å²) in [5.74, 6) is 0.458. The Kier molecular flexibility index (Phi) is 10.6. The summed E-state index contributed by atoms with van der Waals surface area (Å²) in [6, 6.07) is 5.43. The Bertz CT molecular complexity index is 706. The maximum Gasteiger partial charge on any atom is 0.308 e. The Labute approximate surface area is 188 Å². The summed E-state index contributed by atoms with van der Waals surface area (Å²) in [5.41, 5.74) is 1.58. The standard InChI is InChI=1S/C19H27ClN4O3.HI/c1-13-15(20)5-4-6-16(13)23-17(25)7-10-22-19(21-2)24-11-8-14(9-12-24)18(26)27-3;/h4-6,14H,7-12H2,1-3H3,(H,21,22)(H,23,25);1H. The number of aliphatic imine (C=N–C) groups is 1. The van der Waals surface area contributed by atoms with Gasteiger partial charge in [0.15, 0.2) is 5.96 Å². The van der Waals surface area contributed by atoms with Gasteiger partial charge in [-0.05, 0) is 37.5 Å². The highest BCUT2D eigenvalue weighted by Crippen LogP contribution is 2.23. The van der Waals surface area contributed by atoms with E-state index >= 15 is 0 Å². The normalized spacial score (nSPS) is 14.9. The van der Waals surface area contributed by atoms with Crippen LogP contribution in [0.15, 0.2) is 23.2 Å². The summed E-state index contributed by atoms with van der Waals surface area (Å²) >= 11 is 6.07. The van der Waals surface area contributed by atoms with Gasteiger partial charge in [-0.2, -0.15) is 0 Å². The fraction of sp³-hybridized carbons (Fsp3) is 0.526. The Hall–Kier alpha value is -1.55. The van der Waals surface area contributed by atoms with E-state index in [2.05, 4.69) is 20.5 Å². The largest absolute Gasteiger partial charge is 0.469 e. The van der Waals surface area contributed by atoms with E-state index in [1.165, 1.54) is 7.11 Å². The summed E-state index contributed by atoms with van der Waals surface area (Å²) in [6.07, 6.45) is 1.79. The number of anilines is 1. The third-order valence-corrected chi connectivity index (χ3v) is 5.13. The van der Waals surface area contributed by atoms with Crippen LogP contribution >= 0.6 is 35.6 Å². The molecule has 0 spiro atoms. The minimum Gasteiger partial charge on any atom is -0.469 e. The SMILES string of the molecule is CN=C(NCCC(=O)Nc1cccc(Cl)c1C)N1CCC(C(=O)OC)CC1.I. The average Bonchev–Trinajstić information content (AvgIpc) is 2.68. The lowest BCUT2D eigenvalue weighted by atomic mass is 9.97. The van der Waals surface area contributed by atoms with Crippen molar-refractivity contribution in [1.82, 2.24) is 10.2 Å². The third-order valence-electron chi connectivity index (χ3n) is 4.72. The van der Waals surface area contributed by atoms with Gasteiger partial charge in [0.25, 0.3) is 0 Å². The molecule has 9 heteroatoms. The van der Waals surface area contributed by atoms with Crippen LogP contribution in [0.3, 0.4) is 0 Å². The predicted molar refractivity (Wildman–Crippen MR) is 123 cm³/mol. The predicted octanol–water partition coefficient (Wildman–Crippen LogP) is 3.06. The molecule has 1 fully saturated rings. The molecule has 1 aromatic rings. The number of ether oxygens (including phenoxy) is 1. The quantitative estimate of drug-likeness (QED) is 0.269. The molecule has 0 saturated carbocycles. The molecule has 28 heavy (non-hydrogen) atoms. The summed E-state index contributed by atoms with van der Waals surface area (Å²) in [4.78, 5) is 30.2. The molecule has 0 radical (unpaired) electrons. The minimum atomic E-state index is -0.148. The van der Waals surface area contributed by atoms with E-state index < -0.39 is 0 Å². The van der Waals surface area contributed by atoms with Gasteiger partial charge in [-0.25, -0.2) is 0 Å². The first-order valence-corrected chi connectivity index (χ1v) is 9.42. The first kappa shape index (κ1) is 24.5. The molecule has 0 aromatic heterocycles. The fourth-order valence-electron chi connectivity index (χ4n) is 3.07. The number of nitrogens with zero attached hydrogens (tertiary/aromatic N) is 2. The fourth-order valence-corrected chi connectivity index (χ4v) is 3.24. The molecule has 1 heterocycles. The molecule has 2 rings (SSSR count). The molecule has 1 saturated heterocycles. The average molecular weight is 523 g/mol. The van der Waals surface area contributed by atoms with Crippen molar-refractivity contribution in [1.29, 1.82) is 0 Å². The molecule has 1 aromatic carbocycles. The smallest absolute Gasteiger partial charge is 0.308 e. The van der Waals surface area contributed by atoms with Crippen LogP contribution in [0.4, 0.5) is 5.69 Å². The van der Waals surface area contributed by atoms with Crippen LogP contribution < -0.4 is 10.6 Å². The zero-order valence-corrected chi connectivity index (χ0v) is 19.5. The zero-order valence-electron chi connectivity index (χ0n) is 16.5. The highest BCUT2D eigenvalue weighted by atomic mass is 127. The van der Waals surface area contributed by atoms with Gasteiger partial charge in [-0.15, -0.1) is 24.0 Å². The molecule has 1 amide bonds. The van der Waals surface area contributed by atoms with Gasteiger partial charge in [0.1, 0.15) is 0 Å². The van der Waals surface area contributed by atoms with Crippen molar-refractivity contribution >= 4 is 59.1 Å². The van der Waals surface area contributed by atoms with E-state index in [1.54, 1.807) is 13.1 Å². The molecule has 7 nitrogen and oxygen atoms in total. The Morgan fingerprint density at radius 3 is 2.61 bits per heavy atom. The summed E-state index contributed by atoms with van der Waals surface area (Å²) < 4.78 is 4.81. The topological polar surface area (TPSA) is 83.0 Å². The molecule has 0 bridgehead atoms. The lowest BCUT2D eigenvalue weighted by molar-refractivity contribution is -0.146. The molecule has 156 valence electrons. The van der Waals surface area contributed by atoms with E-state index in [1.807, 2.05) is 19.1 Å². The lowest BCUT2D eigenvalue weighted by Crippen LogP contribution is -2.47. The Balaban J connectivity index is 0.00000392. The Morgan fingerprint density at radius 2 is 2.00 bits per heavy atom. The van der Waals surface area contributed by atoms with Crippen molar-refractivity contribution in [3.05, 3.63) is 28.8 Å². The van der Waals surface area contributed by atoms with Gasteiger partial charge in [-0.1, -0.05) is 17.7 Å². The minimum absolute atomic E-state index is 0. The summed E-state index contributed by atoms with van der Waals surface area (Å²) in [6.45, 7) is 3.80. The van der Waals surface area contributed by atoms with Crippen molar-refractivity contribution in [2.75, 3.05) is 39.1 Å². The number of halogens is 2. The van der Waals surface area contributed by atoms with Crippen molar-refractivity contribution in [2.45, 2.75) is 26.2 Å². The van der Waals surface area contributed by atoms with Gasteiger partial charge >= 0.3 is 5.97 Å². The van der Waals surface area contributed by atoms with E-state index in [0.29, 0.717) is 18.0 Å². The van der Waals surface area contributed by atoms with Crippen molar-refractivity contribution in [3.63, 3.8) is 0 Å². The van der Waals surface area contributed by atoms with E-state index in [-0.39, 0.29) is 41.8 Å². The van der Waals surface area contributed by atoms with Crippen LogP contribution in [-0.4, -0.2) is 56.5 Å². The number of hydrogen-bond acceptors (Lipinski definition) is 4. The number of nitrogens with one attached hydrogen (secondary N) is 2. The maximum atomic E-state index is 12.2. The number of amides is 1. The van der Waals surface area contributed by atoms with Crippen LogP contribution in [0.25, 0.3) is 0 Å². The first-order chi connectivity index (χ1) is 13.0. The Morgan fingerprint density at radius 1 is 1.32 bits per heavy atom. The number of esters is 1. The van der Waals surface area contributed by atoms with Crippen molar-refractivity contribution in [3.8, 4) is 0 Å². The molecular weight excluding hydrogens is 495 g/mol. The maximum absolute atomic E-state index is 12.2. The zero-order chi connectivity index (χ0) is 19.8. The number of likely N-dealkylation sites (tertiary alicyclic amines) is 1. The van der Waals surface area contributed by atoms with Gasteiger partial charge in [0.05, 0.1) is 13.0 Å².